The van der Waals surface area contributed by atoms with E-state index in [0.717, 1.165) is 21.7 Å². The van der Waals surface area contributed by atoms with Gasteiger partial charge in [0.25, 0.3) is 0 Å². The summed E-state index contributed by atoms with van der Waals surface area (Å²) in [6.45, 7) is 0.387. The van der Waals surface area contributed by atoms with Gasteiger partial charge in [-0.1, -0.05) is 72.8 Å². The van der Waals surface area contributed by atoms with Crippen LogP contribution in [0.15, 0.2) is 109 Å². The highest BCUT2D eigenvalue weighted by molar-refractivity contribution is 7.76. The molecular formula is C32H33N2O4P. The molecule has 0 spiro atoms. The number of amides is 1. The van der Waals surface area contributed by atoms with Gasteiger partial charge in [0, 0.05) is 29.1 Å². The highest BCUT2D eigenvalue weighted by Gasteiger charge is 2.50. The molecule has 1 fully saturated rings. The molecule has 2 N–H and O–H groups in total. The average Bonchev–Trinajstić information content (AvgIpc) is 3.80. The van der Waals surface area contributed by atoms with Crippen molar-refractivity contribution in [2.24, 2.45) is 11.8 Å². The quantitative estimate of drug-likeness (QED) is 0.255. The Morgan fingerprint density at radius 3 is 1.95 bits per heavy atom. The second-order valence-electron chi connectivity index (χ2n) is 9.71. The monoisotopic (exact) mass is 540 g/mol. The summed E-state index contributed by atoms with van der Waals surface area (Å²) in [6.07, 6.45) is 0.716. The van der Waals surface area contributed by atoms with E-state index in [-0.39, 0.29) is 23.8 Å². The topological polar surface area (TPSA) is 76.7 Å². The Balaban J connectivity index is 1.37. The van der Waals surface area contributed by atoms with Crippen molar-refractivity contribution in [3.8, 4) is 11.5 Å². The normalized spacial score (nSPS) is 17.2. The fourth-order valence-electron chi connectivity index (χ4n) is 5.04. The molecule has 1 aliphatic rings. The van der Waals surface area contributed by atoms with E-state index in [1.807, 2.05) is 109 Å². The number of methoxy groups -OCH3 is 2. The minimum Gasteiger partial charge on any atom is -0.493 e. The first-order valence-corrected chi connectivity index (χ1v) is 14.8. The number of hydrogen-bond donors (Lipinski definition) is 2. The Kier molecular flexibility index (Phi) is 8.16. The van der Waals surface area contributed by atoms with E-state index in [1.165, 1.54) is 0 Å². The predicted molar refractivity (Wildman–Crippen MR) is 155 cm³/mol. The maximum atomic E-state index is 14.8. The first-order valence-electron chi connectivity index (χ1n) is 13.1. The molecule has 0 heterocycles. The lowest BCUT2D eigenvalue weighted by atomic mass is 10.0. The van der Waals surface area contributed by atoms with E-state index in [2.05, 4.69) is 10.4 Å². The summed E-state index contributed by atoms with van der Waals surface area (Å²) in [5.41, 5.74) is 1.94. The summed E-state index contributed by atoms with van der Waals surface area (Å²) in [7, 11) is -0.0160. The molecule has 1 saturated carbocycles. The molecule has 1 amide bonds. The van der Waals surface area contributed by atoms with Crippen LogP contribution in [0.4, 0.5) is 0 Å². The third-order valence-corrected chi connectivity index (χ3v) is 9.93. The van der Waals surface area contributed by atoms with E-state index in [1.54, 1.807) is 14.2 Å². The molecule has 4 aromatic rings. The molecule has 0 bridgehead atoms. The summed E-state index contributed by atoms with van der Waals surface area (Å²) >= 11 is 0. The van der Waals surface area contributed by atoms with Gasteiger partial charge in [0.2, 0.25) is 13.2 Å². The van der Waals surface area contributed by atoms with E-state index in [0.29, 0.717) is 24.5 Å². The number of rotatable bonds is 11. The Morgan fingerprint density at radius 1 is 0.821 bits per heavy atom. The van der Waals surface area contributed by atoms with E-state index in [4.69, 9.17) is 9.47 Å². The van der Waals surface area contributed by atoms with Crippen molar-refractivity contribution in [3.63, 3.8) is 0 Å². The second kappa shape index (κ2) is 11.9. The third kappa shape index (κ3) is 5.93. The van der Waals surface area contributed by atoms with Gasteiger partial charge in [0.15, 0.2) is 11.5 Å². The molecule has 0 aromatic heterocycles. The standard InChI is InChI=1S/C32H33N2O4P/c1-37-29-19-18-23(20-30(29)38-2)22-33-32(35)28-21-27(28)31(24-12-6-3-7-13-24)34-39(36,25-14-8-4-9-15-25)26-16-10-5-11-17-26/h3-20,27-28,31H,21-22H2,1-2H3,(H,33,35)(H,34,36)/t27-,28+,31-/m1/s1. The van der Waals surface area contributed by atoms with Crippen LogP contribution in [0.2, 0.25) is 0 Å². The second-order valence-corrected chi connectivity index (χ2v) is 12.2. The fraction of sp³-hybridized carbons (Fsp3) is 0.219. The molecule has 0 aliphatic heterocycles. The molecular weight excluding hydrogens is 507 g/mol. The molecule has 7 heteroatoms. The lowest BCUT2D eigenvalue weighted by molar-refractivity contribution is -0.122. The Hall–Kier alpha value is -3.86. The highest BCUT2D eigenvalue weighted by Crippen LogP contribution is 2.52. The van der Waals surface area contributed by atoms with Crippen LogP contribution >= 0.6 is 7.29 Å². The van der Waals surface area contributed by atoms with E-state index in [9.17, 15) is 9.36 Å². The summed E-state index contributed by atoms with van der Waals surface area (Å²) < 4.78 is 25.5. The van der Waals surface area contributed by atoms with Crippen molar-refractivity contribution < 1.29 is 18.8 Å². The molecule has 0 radical (unpaired) electrons. The number of benzene rings is 4. The fourth-order valence-corrected chi connectivity index (χ4v) is 7.56. The number of carbonyl (C=O) groups is 1. The van der Waals surface area contributed by atoms with Gasteiger partial charge in [0.05, 0.1) is 14.2 Å². The van der Waals surface area contributed by atoms with Gasteiger partial charge in [-0.2, -0.15) is 0 Å². The largest absolute Gasteiger partial charge is 0.493 e. The molecule has 3 atom stereocenters. The first kappa shape index (κ1) is 26.7. The molecule has 0 unspecified atom stereocenters. The van der Waals surface area contributed by atoms with Crippen molar-refractivity contribution in [3.05, 3.63) is 120 Å². The van der Waals surface area contributed by atoms with Crippen LogP contribution in [0.25, 0.3) is 0 Å². The van der Waals surface area contributed by atoms with Crippen molar-refractivity contribution in [1.29, 1.82) is 0 Å². The SMILES string of the molecule is COc1ccc(CNC(=O)[C@H]2C[C@H]2[C@H](NP(=O)(c2ccccc2)c2ccccc2)c2ccccc2)cc1OC. The van der Waals surface area contributed by atoms with E-state index >= 15 is 0 Å². The van der Waals surface area contributed by atoms with Crippen LogP contribution in [-0.4, -0.2) is 20.1 Å². The molecule has 1 aliphatic carbocycles. The van der Waals surface area contributed by atoms with Gasteiger partial charge in [-0.25, -0.2) is 0 Å². The van der Waals surface area contributed by atoms with Crippen molar-refractivity contribution in [1.82, 2.24) is 10.4 Å². The minimum absolute atomic E-state index is 0.00762. The number of ether oxygens (including phenoxy) is 2. The predicted octanol–water partition coefficient (Wildman–Crippen LogP) is 5.22. The minimum atomic E-state index is -3.20. The maximum absolute atomic E-state index is 14.8. The highest BCUT2D eigenvalue weighted by atomic mass is 31.2. The molecule has 5 rings (SSSR count). The smallest absolute Gasteiger partial charge is 0.223 e. The molecule has 200 valence electrons. The van der Waals surface area contributed by atoms with E-state index < -0.39 is 7.29 Å². The van der Waals surface area contributed by atoms with Crippen molar-refractivity contribution in [2.75, 3.05) is 14.2 Å². The molecule has 39 heavy (non-hydrogen) atoms. The van der Waals surface area contributed by atoms with Gasteiger partial charge in [-0.15, -0.1) is 0 Å². The number of hydrogen-bond acceptors (Lipinski definition) is 4. The van der Waals surface area contributed by atoms with Gasteiger partial charge in [0.1, 0.15) is 0 Å². The van der Waals surface area contributed by atoms with Crippen LogP contribution in [0.5, 0.6) is 11.5 Å². The van der Waals surface area contributed by atoms with Crippen LogP contribution in [0, 0.1) is 11.8 Å². The zero-order chi connectivity index (χ0) is 27.2. The van der Waals surface area contributed by atoms with Gasteiger partial charge < -0.3 is 14.8 Å². The Morgan fingerprint density at radius 2 is 1.38 bits per heavy atom. The molecule has 0 saturated heterocycles. The van der Waals surface area contributed by atoms with Crippen LogP contribution in [0.1, 0.15) is 23.6 Å². The lowest BCUT2D eigenvalue weighted by Gasteiger charge is -2.28. The van der Waals surface area contributed by atoms with Gasteiger partial charge >= 0.3 is 0 Å². The van der Waals surface area contributed by atoms with Crippen LogP contribution in [-0.2, 0) is 15.9 Å². The summed E-state index contributed by atoms with van der Waals surface area (Å²) in [5, 5.41) is 8.14. The maximum Gasteiger partial charge on any atom is 0.223 e. The van der Waals surface area contributed by atoms with Gasteiger partial charge in [-0.05, 0) is 59.9 Å². The Bertz CT molecular complexity index is 1400. The molecule has 6 nitrogen and oxygen atoms in total. The lowest BCUT2D eigenvalue weighted by Crippen LogP contribution is -2.33. The third-order valence-electron chi connectivity index (χ3n) is 7.24. The van der Waals surface area contributed by atoms with Crippen molar-refractivity contribution in [2.45, 2.75) is 19.0 Å². The van der Waals surface area contributed by atoms with Crippen molar-refractivity contribution >= 4 is 23.8 Å². The number of carbonyl (C=O) groups excluding carboxylic acids is 1. The van der Waals surface area contributed by atoms with Crippen LogP contribution < -0.4 is 30.5 Å². The summed E-state index contributed by atoms with van der Waals surface area (Å²) in [4.78, 5) is 13.2. The van der Waals surface area contributed by atoms with Crippen LogP contribution in [0.3, 0.4) is 0 Å². The zero-order valence-electron chi connectivity index (χ0n) is 22.1. The van der Waals surface area contributed by atoms with Gasteiger partial charge in [-0.3, -0.25) is 14.4 Å². The summed E-state index contributed by atoms with van der Waals surface area (Å²) in [5.74, 6) is 1.10. The first-order chi connectivity index (χ1) is 19.0. The Labute approximate surface area is 229 Å². The number of nitrogens with one attached hydrogen (secondary N) is 2. The molecule has 4 aromatic carbocycles. The average molecular weight is 541 g/mol. The zero-order valence-corrected chi connectivity index (χ0v) is 23.0. The summed E-state index contributed by atoms with van der Waals surface area (Å²) in [6, 6.07) is 34.5.